The fourth-order valence-electron chi connectivity index (χ4n) is 3.17. The molecule has 9 nitrogen and oxygen atoms in total. The summed E-state index contributed by atoms with van der Waals surface area (Å²) >= 11 is 8.56. The van der Waals surface area contributed by atoms with E-state index in [1.54, 1.807) is 36.4 Å². The number of hydrogen-bond acceptors (Lipinski definition) is 8. The lowest BCUT2D eigenvalue weighted by Gasteiger charge is -2.03. The van der Waals surface area contributed by atoms with E-state index in [1.165, 1.54) is 29.7 Å². The summed E-state index contributed by atoms with van der Waals surface area (Å²) in [7, 11) is 0. The van der Waals surface area contributed by atoms with Gasteiger partial charge in [0.05, 0.1) is 26.4 Å². The molecular formula is C21H11ClN4O5S2. The van der Waals surface area contributed by atoms with Crippen molar-refractivity contribution in [2.75, 3.05) is 10.6 Å². The molecule has 0 aliphatic rings. The van der Waals surface area contributed by atoms with Crippen molar-refractivity contribution in [2.24, 2.45) is 0 Å². The van der Waals surface area contributed by atoms with Gasteiger partial charge in [-0.05, 0) is 30.3 Å². The van der Waals surface area contributed by atoms with Gasteiger partial charge in [0, 0.05) is 17.1 Å². The number of nitrogens with one attached hydrogen (secondary N) is 2. The van der Waals surface area contributed by atoms with Crippen LogP contribution in [-0.4, -0.2) is 21.7 Å². The maximum atomic E-state index is 12.9. The van der Waals surface area contributed by atoms with Crippen LogP contribution in [0.4, 0.5) is 16.5 Å². The zero-order valence-corrected chi connectivity index (χ0v) is 18.7. The number of amides is 2. The molecular weight excluding hydrogens is 488 g/mol. The highest BCUT2D eigenvalue weighted by Crippen LogP contribution is 2.40. The zero-order chi connectivity index (χ0) is 23.1. The Morgan fingerprint density at radius 1 is 1.06 bits per heavy atom. The molecule has 0 atom stereocenters. The SMILES string of the molecule is O=C(Nc1nc2ccc(NC(=O)c3sc4c([N+](=O)[O-])cccc4c3Cl)cc2s1)c1ccco1. The van der Waals surface area contributed by atoms with Crippen LogP contribution >= 0.6 is 34.3 Å². The molecule has 2 N–H and O–H groups in total. The van der Waals surface area contributed by atoms with Crippen molar-refractivity contribution in [3.8, 4) is 0 Å². The van der Waals surface area contributed by atoms with Gasteiger partial charge in [0.1, 0.15) is 9.58 Å². The molecule has 2 amide bonds. The lowest BCUT2D eigenvalue weighted by molar-refractivity contribution is -0.382. The number of non-ortho nitro benzene ring substituents is 1. The van der Waals surface area contributed by atoms with E-state index in [1.807, 2.05) is 0 Å². The molecule has 3 heterocycles. The Balaban J connectivity index is 1.39. The molecule has 12 heteroatoms. The molecule has 0 saturated carbocycles. The zero-order valence-electron chi connectivity index (χ0n) is 16.3. The first-order chi connectivity index (χ1) is 15.9. The van der Waals surface area contributed by atoms with Crippen LogP contribution in [0.15, 0.2) is 59.2 Å². The molecule has 0 aliphatic heterocycles. The third-order valence-corrected chi connectivity index (χ3v) is 7.31. The summed E-state index contributed by atoms with van der Waals surface area (Å²) < 4.78 is 6.15. The van der Waals surface area contributed by atoms with Crippen molar-refractivity contribution in [3.05, 3.63) is 80.6 Å². The van der Waals surface area contributed by atoms with Crippen LogP contribution in [-0.2, 0) is 0 Å². The number of benzene rings is 2. The number of thiazole rings is 1. The van der Waals surface area contributed by atoms with Crippen LogP contribution in [0.3, 0.4) is 0 Å². The van der Waals surface area contributed by atoms with Crippen LogP contribution in [0, 0.1) is 10.1 Å². The molecule has 33 heavy (non-hydrogen) atoms. The van der Waals surface area contributed by atoms with Crippen molar-refractivity contribution in [2.45, 2.75) is 0 Å². The topological polar surface area (TPSA) is 127 Å². The van der Waals surface area contributed by atoms with Crippen molar-refractivity contribution >= 4 is 82.9 Å². The number of anilines is 2. The van der Waals surface area contributed by atoms with Gasteiger partial charge < -0.3 is 9.73 Å². The van der Waals surface area contributed by atoms with E-state index in [0.717, 1.165) is 16.0 Å². The number of carbonyl (C=O) groups is 2. The Bertz CT molecular complexity index is 1560. The fourth-order valence-corrected chi connectivity index (χ4v) is 5.56. The Morgan fingerprint density at radius 3 is 2.67 bits per heavy atom. The standard InChI is InChI=1S/C21H11ClN4O5S2/c22-16-11-3-1-4-13(26(29)30)17(11)33-18(16)20(28)23-10-6-7-12-15(9-10)32-21(24-12)25-19(27)14-5-2-8-31-14/h1-9H,(H,23,28)(H,24,25,27). The molecule has 0 spiro atoms. The lowest BCUT2D eigenvalue weighted by Crippen LogP contribution is -2.10. The van der Waals surface area contributed by atoms with Gasteiger partial charge in [0.15, 0.2) is 10.9 Å². The Kier molecular flexibility index (Phi) is 5.29. The number of rotatable bonds is 5. The molecule has 0 unspecified atom stereocenters. The Morgan fingerprint density at radius 2 is 1.91 bits per heavy atom. The molecule has 0 fully saturated rings. The summed E-state index contributed by atoms with van der Waals surface area (Å²) in [6.45, 7) is 0. The van der Waals surface area contributed by atoms with Gasteiger partial charge >= 0.3 is 0 Å². The third kappa shape index (κ3) is 3.93. The largest absolute Gasteiger partial charge is 0.459 e. The first kappa shape index (κ1) is 21.1. The minimum absolute atomic E-state index is 0.103. The highest BCUT2D eigenvalue weighted by atomic mass is 35.5. The highest BCUT2D eigenvalue weighted by Gasteiger charge is 2.23. The van der Waals surface area contributed by atoms with Crippen LogP contribution < -0.4 is 10.6 Å². The number of aromatic nitrogens is 1. The predicted molar refractivity (Wildman–Crippen MR) is 128 cm³/mol. The second-order valence-corrected chi connectivity index (χ2v) is 9.17. The number of furan rings is 1. The van der Waals surface area contributed by atoms with Gasteiger partial charge in [-0.2, -0.15) is 0 Å². The van der Waals surface area contributed by atoms with E-state index >= 15 is 0 Å². The molecule has 0 radical (unpaired) electrons. The molecule has 0 aliphatic carbocycles. The van der Waals surface area contributed by atoms with Gasteiger partial charge in [0.2, 0.25) is 0 Å². The van der Waals surface area contributed by atoms with Gasteiger partial charge in [-0.1, -0.05) is 35.1 Å². The van der Waals surface area contributed by atoms with Crippen LogP contribution in [0.1, 0.15) is 20.2 Å². The van der Waals surface area contributed by atoms with Crippen LogP contribution in [0.2, 0.25) is 5.02 Å². The van der Waals surface area contributed by atoms with Crippen molar-refractivity contribution in [1.29, 1.82) is 0 Å². The number of carbonyl (C=O) groups excluding carboxylic acids is 2. The number of fused-ring (bicyclic) bond motifs is 2. The first-order valence-electron chi connectivity index (χ1n) is 9.33. The maximum absolute atomic E-state index is 12.9. The number of thiophene rings is 1. The summed E-state index contributed by atoms with van der Waals surface area (Å²) in [4.78, 5) is 40.3. The Labute approximate surface area is 197 Å². The summed E-state index contributed by atoms with van der Waals surface area (Å²) in [5, 5.41) is 17.7. The van der Waals surface area contributed by atoms with Gasteiger partial charge in [-0.15, -0.1) is 11.3 Å². The number of nitro groups is 1. The lowest BCUT2D eigenvalue weighted by atomic mass is 10.2. The van der Waals surface area contributed by atoms with Crippen LogP contribution in [0.5, 0.6) is 0 Å². The minimum atomic E-state index is -0.503. The Hall–Kier alpha value is -3.80. The van der Waals surface area contributed by atoms with Crippen LogP contribution in [0.25, 0.3) is 20.3 Å². The smallest absolute Gasteiger partial charge is 0.293 e. The minimum Gasteiger partial charge on any atom is -0.459 e. The van der Waals surface area contributed by atoms with E-state index in [9.17, 15) is 19.7 Å². The molecule has 164 valence electrons. The van der Waals surface area contributed by atoms with E-state index in [2.05, 4.69) is 15.6 Å². The summed E-state index contributed by atoms with van der Waals surface area (Å²) in [5.41, 5.74) is 1.03. The average molecular weight is 499 g/mol. The van der Waals surface area contributed by atoms with Crippen molar-refractivity contribution in [1.82, 2.24) is 4.98 Å². The normalized spacial score (nSPS) is 11.1. The second kappa shape index (κ2) is 8.28. The molecule has 0 bridgehead atoms. The monoisotopic (exact) mass is 498 g/mol. The quantitative estimate of drug-likeness (QED) is 0.220. The summed E-state index contributed by atoms with van der Waals surface area (Å²) in [6, 6.07) is 12.8. The number of hydrogen-bond donors (Lipinski definition) is 2. The predicted octanol–water partition coefficient (Wildman–Crippen LogP) is 6.17. The molecule has 0 saturated heterocycles. The fraction of sp³-hybridized carbons (Fsp3) is 0. The van der Waals surface area contributed by atoms with Gasteiger partial charge in [0.25, 0.3) is 17.5 Å². The first-order valence-corrected chi connectivity index (χ1v) is 11.3. The maximum Gasteiger partial charge on any atom is 0.293 e. The summed E-state index contributed by atoms with van der Waals surface area (Å²) in [6.07, 6.45) is 1.41. The molecule has 3 aromatic heterocycles. The van der Waals surface area contributed by atoms with Gasteiger partial charge in [-0.25, -0.2) is 4.98 Å². The number of nitrogens with zero attached hydrogens (tertiary/aromatic N) is 2. The van der Waals surface area contributed by atoms with E-state index < -0.39 is 16.7 Å². The highest BCUT2D eigenvalue weighted by molar-refractivity contribution is 7.22. The molecule has 5 rings (SSSR count). The van der Waals surface area contributed by atoms with Gasteiger partial charge in [-0.3, -0.25) is 25.0 Å². The second-order valence-electron chi connectivity index (χ2n) is 6.74. The van der Waals surface area contributed by atoms with E-state index in [-0.39, 0.29) is 21.3 Å². The number of nitro benzene ring substituents is 1. The van der Waals surface area contributed by atoms with E-state index in [0.29, 0.717) is 26.4 Å². The van der Waals surface area contributed by atoms with E-state index in [4.69, 9.17) is 16.0 Å². The summed E-state index contributed by atoms with van der Waals surface area (Å²) in [5.74, 6) is -0.727. The molecule has 5 aromatic rings. The average Bonchev–Trinajstić information content (AvgIpc) is 3.52. The molecule has 2 aromatic carbocycles. The third-order valence-electron chi connectivity index (χ3n) is 4.65. The van der Waals surface area contributed by atoms with Crippen molar-refractivity contribution < 1.29 is 18.9 Å². The number of halogens is 1. The van der Waals surface area contributed by atoms with Crippen molar-refractivity contribution in [3.63, 3.8) is 0 Å².